The first-order valence-corrected chi connectivity index (χ1v) is 9.23. The Kier molecular flexibility index (Phi) is 5.46. The van der Waals surface area contributed by atoms with Gasteiger partial charge in [-0.2, -0.15) is 0 Å². The van der Waals surface area contributed by atoms with Gasteiger partial charge in [0.05, 0.1) is 16.8 Å². The quantitative estimate of drug-likeness (QED) is 0.892. The second-order valence-corrected chi connectivity index (χ2v) is 7.83. The maximum absolute atomic E-state index is 5.80. The number of ether oxygens (including phenoxy) is 1. The highest BCUT2D eigenvalue weighted by molar-refractivity contribution is 7.11. The van der Waals surface area contributed by atoms with Crippen molar-refractivity contribution in [3.05, 3.63) is 51.5 Å². The van der Waals surface area contributed by atoms with E-state index in [1.165, 1.54) is 22.6 Å². The van der Waals surface area contributed by atoms with E-state index in [-0.39, 0.29) is 6.10 Å². The zero-order valence-electron chi connectivity index (χ0n) is 14.2. The van der Waals surface area contributed by atoms with Crippen LogP contribution in [-0.4, -0.2) is 24.2 Å². The lowest BCUT2D eigenvalue weighted by atomic mass is 9.80. The third-order valence-electron chi connectivity index (χ3n) is 4.90. The monoisotopic (exact) mass is 330 g/mol. The first kappa shape index (κ1) is 16.6. The fourth-order valence-corrected chi connectivity index (χ4v) is 4.45. The number of methoxy groups -OCH3 is 1. The third kappa shape index (κ3) is 4.00. The van der Waals surface area contributed by atoms with Crippen LogP contribution in [0, 0.1) is 13.8 Å². The van der Waals surface area contributed by atoms with Crippen LogP contribution in [0.3, 0.4) is 0 Å². The second kappa shape index (κ2) is 7.56. The SMILES string of the molecule is CO[C@@H]1C[C@@H](c2ccccc2)CC[C@@H]1NCc1nc(C)sc1C. The molecule has 0 amide bonds. The summed E-state index contributed by atoms with van der Waals surface area (Å²) in [6.07, 6.45) is 3.73. The molecule has 0 radical (unpaired) electrons. The molecule has 1 aliphatic carbocycles. The second-order valence-electron chi connectivity index (χ2n) is 6.42. The van der Waals surface area contributed by atoms with Crippen molar-refractivity contribution in [3.8, 4) is 0 Å². The van der Waals surface area contributed by atoms with Crippen molar-refractivity contribution in [2.24, 2.45) is 0 Å². The van der Waals surface area contributed by atoms with Gasteiger partial charge in [0.1, 0.15) is 0 Å². The summed E-state index contributed by atoms with van der Waals surface area (Å²) in [4.78, 5) is 5.94. The van der Waals surface area contributed by atoms with Crippen LogP contribution in [0.4, 0.5) is 0 Å². The van der Waals surface area contributed by atoms with E-state index >= 15 is 0 Å². The number of rotatable bonds is 5. The molecule has 1 aliphatic rings. The molecule has 23 heavy (non-hydrogen) atoms. The summed E-state index contributed by atoms with van der Waals surface area (Å²) in [6.45, 7) is 5.07. The van der Waals surface area contributed by atoms with E-state index in [4.69, 9.17) is 4.74 Å². The van der Waals surface area contributed by atoms with Gasteiger partial charge < -0.3 is 10.1 Å². The van der Waals surface area contributed by atoms with E-state index in [9.17, 15) is 0 Å². The summed E-state index contributed by atoms with van der Waals surface area (Å²) in [5.41, 5.74) is 2.63. The van der Waals surface area contributed by atoms with Gasteiger partial charge in [0.25, 0.3) is 0 Å². The van der Waals surface area contributed by atoms with Crippen LogP contribution in [0.5, 0.6) is 0 Å². The molecule has 3 nitrogen and oxygen atoms in total. The Bertz CT molecular complexity index is 626. The standard InChI is InChI=1S/C19H26N2OS/c1-13-18(21-14(2)23-13)12-20-17-10-9-16(11-19(17)22-3)15-7-5-4-6-8-15/h4-8,16-17,19-20H,9-12H2,1-3H3/t16-,17-,19+/m0/s1. The van der Waals surface area contributed by atoms with Crippen LogP contribution < -0.4 is 5.32 Å². The molecule has 0 bridgehead atoms. The van der Waals surface area contributed by atoms with Crippen LogP contribution in [0.15, 0.2) is 30.3 Å². The summed E-state index contributed by atoms with van der Waals surface area (Å²) in [7, 11) is 1.84. The third-order valence-corrected chi connectivity index (χ3v) is 5.83. The maximum atomic E-state index is 5.80. The summed E-state index contributed by atoms with van der Waals surface area (Å²) in [5.74, 6) is 0.613. The Labute approximate surface area is 143 Å². The number of aryl methyl sites for hydroxylation is 2. The lowest BCUT2D eigenvalue weighted by Crippen LogP contribution is -2.44. The molecule has 124 valence electrons. The first-order chi connectivity index (χ1) is 11.2. The smallest absolute Gasteiger partial charge is 0.0900 e. The average Bonchev–Trinajstić information content (AvgIpc) is 2.91. The van der Waals surface area contributed by atoms with E-state index < -0.39 is 0 Å². The van der Waals surface area contributed by atoms with Crippen LogP contribution in [0.25, 0.3) is 0 Å². The molecule has 3 rings (SSSR count). The van der Waals surface area contributed by atoms with Crippen LogP contribution >= 0.6 is 11.3 Å². The first-order valence-electron chi connectivity index (χ1n) is 8.41. The van der Waals surface area contributed by atoms with Crippen LogP contribution in [-0.2, 0) is 11.3 Å². The lowest BCUT2D eigenvalue weighted by molar-refractivity contribution is 0.0341. The number of aromatic nitrogens is 1. The van der Waals surface area contributed by atoms with Gasteiger partial charge in [0.15, 0.2) is 0 Å². The molecule has 0 unspecified atom stereocenters. The van der Waals surface area contributed by atoms with Gasteiger partial charge in [-0.05, 0) is 44.6 Å². The highest BCUT2D eigenvalue weighted by atomic mass is 32.1. The van der Waals surface area contributed by atoms with Gasteiger partial charge in [-0.3, -0.25) is 0 Å². The van der Waals surface area contributed by atoms with Crippen molar-refractivity contribution in [1.82, 2.24) is 10.3 Å². The fourth-order valence-electron chi connectivity index (χ4n) is 3.61. The Morgan fingerprint density at radius 2 is 2.00 bits per heavy atom. The Morgan fingerprint density at radius 3 is 2.65 bits per heavy atom. The minimum Gasteiger partial charge on any atom is -0.380 e. The molecule has 1 aromatic carbocycles. The van der Waals surface area contributed by atoms with Crippen LogP contribution in [0.2, 0.25) is 0 Å². The van der Waals surface area contributed by atoms with Crippen molar-refractivity contribution in [1.29, 1.82) is 0 Å². The molecule has 1 aromatic heterocycles. The van der Waals surface area contributed by atoms with Crippen molar-refractivity contribution in [3.63, 3.8) is 0 Å². The lowest BCUT2D eigenvalue weighted by Gasteiger charge is -2.36. The Hall–Kier alpha value is -1.23. The van der Waals surface area contributed by atoms with E-state index in [0.29, 0.717) is 12.0 Å². The zero-order chi connectivity index (χ0) is 16.2. The predicted octanol–water partition coefficient (Wildman–Crippen LogP) is 4.20. The molecule has 1 fully saturated rings. The number of benzene rings is 1. The number of nitrogens with zero attached hydrogens (tertiary/aromatic N) is 1. The molecule has 1 heterocycles. The number of hydrogen-bond donors (Lipinski definition) is 1. The van der Waals surface area contributed by atoms with Crippen LogP contribution in [0.1, 0.15) is 46.3 Å². The van der Waals surface area contributed by atoms with Gasteiger partial charge >= 0.3 is 0 Å². The molecule has 1 N–H and O–H groups in total. The fraction of sp³-hybridized carbons (Fsp3) is 0.526. The summed E-state index contributed by atoms with van der Waals surface area (Å²) in [5, 5.41) is 4.83. The average molecular weight is 330 g/mol. The summed E-state index contributed by atoms with van der Waals surface area (Å²) >= 11 is 1.78. The highest BCUT2D eigenvalue weighted by Crippen LogP contribution is 2.34. The molecule has 0 saturated heterocycles. The molecule has 0 spiro atoms. The van der Waals surface area contributed by atoms with Gasteiger partial charge in [0.2, 0.25) is 0 Å². The molecule has 0 aliphatic heterocycles. The van der Waals surface area contributed by atoms with E-state index in [0.717, 1.165) is 24.4 Å². The van der Waals surface area contributed by atoms with E-state index in [2.05, 4.69) is 54.5 Å². The zero-order valence-corrected chi connectivity index (χ0v) is 15.0. The maximum Gasteiger partial charge on any atom is 0.0900 e. The topological polar surface area (TPSA) is 34.1 Å². The van der Waals surface area contributed by atoms with Crippen molar-refractivity contribution in [2.45, 2.75) is 57.7 Å². The molecule has 1 saturated carbocycles. The largest absolute Gasteiger partial charge is 0.380 e. The predicted molar refractivity (Wildman–Crippen MR) is 96.0 cm³/mol. The van der Waals surface area contributed by atoms with Gasteiger partial charge in [0, 0.05) is 24.6 Å². The van der Waals surface area contributed by atoms with Gasteiger partial charge in [-0.15, -0.1) is 11.3 Å². The van der Waals surface area contributed by atoms with Gasteiger partial charge in [-0.25, -0.2) is 4.98 Å². The molecule has 4 heteroatoms. The highest BCUT2D eigenvalue weighted by Gasteiger charge is 2.31. The molecular formula is C19H26N2OS. The molecular weight excluding hydrogens is 304 g/mol. The van der Waals surface area contributed by atoms with Gasteiger partial charge in [-0.1, -0.05) is 30.3 Å². The number of hydrogen-bond acceptors (Lipinski definition) is 4. The number of thiazole rings is 1. The Balaban J connectivity index is 1.60. The van der Waals surface area contributed by atoms with Crippen molar-refractivity contribution < 1.29 is 4.74 Å². The normalized spacial score (nSPS) is 24.7. The minimum absolute atomic E-state index is 0.272. The van der Waals surface area contributed by atoms with Crippen molar-refractivity contribution in [2.75, 3.05) is 7.11 Å². The van der Waals surface area contributed by atoms with E-state index in [1.54, 1.807) is 11.3 Å². The summed E-state index contributed by atoms with van der Waals surface area (Å²) < 4.78 is 5.80. The molecule has 3 atom stereocenters. The summed E-state index contributed by atoms with van der Waals surface area (Å²) in [6, 6.07) is 11.3. The van der Waals surface area contributed by atoms with E-state index in [1.807, 2.05) is 7.11 Å². The Morgan fingerprint density at radius 1 is 1.22 bits per heavy atom. The van der Waals surface area contributed by atoms with Crippen molar-refractivity contribution >= 4 is 11.3 Å². The molecule has 2 aromatic rings. The minimum atomic E-state index is 0.272. The number of nitrogens with one attached hydrogen (secondary N) is 1.